The molecule has 0 saturated heterocycles. The molecular formula is C15H23NO2. The fourth-order valence-corrected chi connectivity index (χ4v) is 1.79. The van der Waals surface area contributed by atoms with Gasteiger partial charge in [-0.15, -0.1) is 0 Å². The van der Waals surface area contributed by atoms with E-state index in [4.69, 9.17) is 4.74 Å². The Morgan fingerprint density at radius 3 is 2.72 bits per heavy atom. The molecule has 3 heteroatoms. The highest BCUT2D eigenvalue weighted by Crippen LogP contribution is 2.30. The van der Waals surface area contributed by atoms with Crippen LogP contribution in [0.5, 0.6) is 0 Å². The summed E-state index contributed by atoms with van der Waals surface area (Å²) in [4.78, 5) is 16.3. The highest BCUT2D eigenvalue weighted by molar-refractivity contribution is 5.76. The number of hydrogen-bond acceptors (Lipinski definition) is 3. The van der Waals surface area contributed by atoms with Gasteiger partial charge in [-0.1, -0.05) is 32.8 Å². The molecule has 0 saturated carbocycles. The topological polar surface area (TPSA) is 39.2 Å². The second-order valence-corrected chi connectivity index (χ2v) is 4.91. The maximum atomic E-state index is 12.1. The van der Waals surface area contributed by atoms with Gasteiger partial charge in [-0.2, -0.15) is 0 Å². The van der Waals surface area contributed by atoms with Gasteiger partial charge >= 0.3 is 5.97 Å². The quantitative estimate of drug-likeness (QED) is 0.691. The van der Waals surface area contributed by atoms with Gasteiger partial charge in [0.05, 0.1) is 11.1 Å². The number of carbonyl (C=O) groups excluding carboxylic acids is 1. The van der Waals surface area contributed by atoms with Gasteiger partial charge in [0.1, 0.15) is 6.61 Å². The van der Waals surface area contributed by atoms with Crippen LogP contribution >= 0.6 is 0 Å². The van der Waals surface area contributed by atoms with Crippen molar-refractivity contribution < 1.29 is 9.53 Å². The zero-order valence-corrected chi connectivity index (χ0v) is 11.6. The summed E-state index contributed by atoms with van der Waals surface area (Å²) in [5.74, 6) is -0.107. The molecule has 1 rings (SSSR count). The van der Waals surface area contributed by atoms with Crippen molar-refractivity contribution in [1.29, 1.82) is 0 Å². The van der Waals surface area contributed by atoms with Crippen LogP contribution in [0.4, 0.5) is 0 Å². The SMILES string of the molecule is CCCCC(C)(CC)C(=O)OCc1ccccn1. The molecule has 100 valence electrons. The minimum Gasteiger partial charge on any atom is -0.459 e. The van der Waals surface area contributed by atoms with E-state index in [1.54, 1.807) is 6.20 Å². The summed E-state index contributed by atoms with van der Waals surface area (Å²) in [5, 5.41) is 0. The van der Waals surface area contributed by atoms with Gasteiger partial charge < -0.3 is 4.74 Å². The molecule has 1 unspecified atom stereocenters. The molecule has 0 aliphatic rings. The highest BCUT2D eigenvalue weighted by Gasteiger charge is 2.32. The van der Waals surface area contributed by atoms with E-state index in [0.29, 0.717) is 0 Å². The molecule has 0 aromatic carbocycles. The molecule has 0 aliphatic heterocycles. The van der Waals surface area contributed by atoms with E-state index in [-0.39, 0.29) is 18.0 Å². The van der Waals surface area contributed by atoms with Gasteiger partial charge in [-0.3, -0.25) is 9.78 Å². The Kier molecular flexibility index (Phi) is 5.83. The van der Waals surface area contributed by atoms with Gasteiger partial charge in [0, 0.05) is 6.20 Å². The predicted molar refractivity (Wildman–Crippen MR) is 72.0 cm³/mol. The van der Waals surface area contributed by atoms with E-state index in [1.165, 1.54) is 0 Å². The van der Waals surface area contributed by atoms with Crippen LogP contribution in [0.25, 0.3) is 0 Å². The van der Waals surface area contributed by atoms with E-state index in [0.717, 1.165) is 31.4 Å². The van der Waals surface area contributed by atoms with Crippen molar-refractivity contribution in [3.05, 3.63) is 30.1 Å². The van der Waals surface area contributed by atoms with E-state index in [1.807, 2.05) is 32.0 Å². The van der Waals surface area contributed by atoms with Crippen molar-refractivity contribution in [2.45, 2.75) is 53.1 Å². The number of carbonyl (C=O) groups is 1. The summed E-state index contributed by atoms with van der Waals surface area (Å²) in [7, 11) is 0. The summed E-state index contributed by atoms with van der Waals surface area (Å²) in [5.41, 5.74) is 0.435. The molecule has 0 bridgehead atoms. The van der Waals surface area contributed by atoms with Crippen LogP contribution in [0.1, 0.15) is 52.1 Å². The molecule has 18 heavy (non-hydrogen) atoms. The number of pyridine rings is 1. The number of aromatic nitrogens is 1. The largest absolute Gasteiger partial charge is 0.459 e. The molecule has 0 fully saturated rings. The molecule has 0 radical (unpaired) electrons. The van der Waals surface area contributed by atoms with Crippen molar-refractivity contribution in [3.63, 3.8) is 0 Å². The van der Waals surface area contributed by atoms with Crippen molar-refractivity contribution in [1.82, 2.24) is 4.98 Å². The molecule has 0 amide bonds. The van der Waals surface area contributed by atoms with Gasteiger partial charge in [-0.25, -0.2) is 0 Å². The molecule has 0 N–H and O–H groups in total. The Morgan fingerprint density at radius 1 is 1.39 bits per heavy atom. The lowest BCUT2D eigenvalue weighted by Gasteiger charge is -2.25. The van der Waals surface area contributed by atoms with E-state index in [9.17, 15) is 4.79 Å². The highest BCUT2D eigenvalue weighted by atomic mass is 16.5. The predicted octanol–water partition coefficient (Wildman–Crippen LogP) is 3.73. The van der Waals surface area contributed by atoms with Gasteiger partial charge in [0.15, 0.2) is 0 Å². The first-order valence-electron chi connectivity index (χ1n) is 6.69. The Morgan fingerprint density at radius 2 is 2.17 bits per heavy atom. The molecule has 1 atom stereocenters. The normalized spacial score (nSPS) is 13.9. The lowest BCUT2D eigenvalue weighted by atomic mass is 9.82. The monoisotopic (exact) mass is 249 g/mol. The van der Waals surface area contributed by atoms with Crippen molar-refractivity contribution in [2.75, 3.05) is 0 Å². The van der Waals surface area contributed by atoms with Gasteiger partial charge in [0.25, 0.3) is 0 Å². The third kappa shape index (κ3) is 4.13. The second kappa shape index (κ2) is 7.14. The zero-order chi connectivity index (χ0) is 13.4. The first kappa shape index (κ1) is 14.7. The molecule has 0 spiro atoms. The molecule has 1 aromatic rings. The van der Waals surface area contributed by atoms with Crippen LogP contribution in [-0.2, 0) is 16.1 Å². The zero-order valence-electron chi connectivity index (χ0n) is 11.6. The Labute approximate surface area is 110 Å². The van der Waals surface area contributed by atoms with Crippen LogP contribution in [-0.4, -0.2) is 11.0 Å². The van der Waals surface area contributed by atoms with Crippen molar-refractivity contribution in [3.8, 4) is 0 Å². The summed E-state index contributed by atoms with van der Waals surface area (Å²) in [6.45, 7) is 6.43. The maximum absolute atomic E-state index is 12.1. The lowest BCUT2D eigenvalue weighted by Crippen LogP contribution is -2.29. The third-order valence-corrected chi connectivity index (χ3v) is 3.43. The summed E-state index contributed by atoms with van der Waals surface area (Å²) in [6.07, 6.45) is 5.57. The molecule has 3 nitrogen and oxygen atoms in total. The summed E-state index contributed by atoms with van der Waals surface area (Å²) in [6, 6.07) is 5.61. The minimum absolute atomic E-state index is 0.107. The van der Waals surface area contributed by atoms with E-state index < -0.39 is 0 Å². The van der Waals surface area contributed by atoms with Gasteiger partial charge in [-0.05, 0) is 31.9 Å². The third-order valence-electron chi connectivity index (χ3n) is 3.43. The smallest absolute Gasteiger partial charge is 0.312 e. The van der Waals surface area contributed by atoms with Crippen LogP contribution in [0.2, 0.25) is 0 Å². The molecular weight excluding hydrogens is 226 g/mol. The van der Waals surface area contributed by atoms with Crippen molar-refractivity contribution >= 4 is 5.97 Å². The fraction of sp³-hybridized carbons (Fsp3) is 0.600. The van der Waals surface area contributed by atoms with Crippen LogP contribution in [0.3, 0.4) is 0 Å². The summed E-state index contributed by atoms with van der Waals surface area (Å²) < 4.78 is 5.38. The van der Waals surface area contributed by atoms with E-state index in [2.05, 4.69) is 11.9 Å². The first-order valence-corrected chi connectivity index (χ1v) is 6.69. The van der Waals surface area contributed by atoms with Crippen molar-refractivity contribution in [2.24, 2.45) is 5.41 Å². The van der Waals surface area contributed by atoms with Gasteiger partial charge in [0.2, 0.25) is 0 Å². The lowest BCUT2D eigenvalue weighted by molar-refractivity contribution is -0.157. The number of esters is 1. The molecule has 0 aliphatic carbocycles. The maximum Gasteiger partial charge on any atom is 0.312 e. The Balaban J connectivity index is 2.52. The average Bonchev–Trinajstić information content (AvgIpc) is 2.43. The first-order chi connectivity index (χ1) is 8.62. The molecule has 1 aromatic heterocycles. The number of nitrogens with zero attached hydrogens (tertiary/aromatic N) is 1. The fourth-order valence-electron chi connectivity index (χ4n) is 1.79. The average molecular weight is 249 g/mol. The Bertz CT molecular complexity index is 364. The second-order valence-electron chi connectivity index (χ2n) is 4.91. The number of rotatable bonds is 7. The number of unbranched alkanes of at least 4 members (excludes halogenated alkanes) is 1. The van der Waals surface area contributed by atoms with Crippen LogP contribution < -0.4 is 0 Å². The van der Waals surface area contributed by atoms with Crippen LogP contribution in [0, 0.1) is 5.41 Å². The number of hydrogen-bond donors (Lipinski definition) is 0. The standard InChI is InChI=1S/C15H23NO2/c1-4-6-10-15(3,5-2)14(17)18-12-13-9-7-8-11-16-13/h7-9,11H,4-6,10,12H2,1-3H3. The summed E-state index contributed by atoms with van der Waals surface area (Å²) >= 11 is 0. The van der Waals surface area contributed by atoms with E-state index >= 15 is 0 Å². The Hall–Kier alpha value is -1.38. The number of ether oxygens (including phenoxy) is 1. The van der Waals surface area contributed by atoms with Crippen LogP contribution in [0.15, 0.2) is 24.4 Å². The molecule has 1 heterocycles. The minimum atomic E-state index is -0.356.